The van der Waals surface area contributed by atoms with Crippen LogP contribution >= 0.6 is 0 Å². The Kier molecular flexibility index (Phi) is 3.86. The van der Waals surface area contributed by atoms with Crippen molar-refractivity contribution >= 4 is 10.0 Å². The number of nitriles is 1. The summed E-state index contributed by atoms with van der Waals surface area (Å²) in [6.45, 7) is 1.52. The molecule has 1 aromatic heterocycles. The second-order valence-corrected chi connectivity index (χ2v) is 6.26. The van der Waals surface area contributed by atoms with Crippen molar-refractivity contribution in [2.75, 3.05) is 5.75 Å². The summed E-state index contributed by atoms with van der Waals surface area (Å²) in [6.07, 6.45) is 2.71. The van der Waals surface area contributed by atoms with Gasteiger partial charge < -0.3 is 0 Å². The summed E-state index contributed by atoms with van der Waals surface area (Å²) in [4.78, 5) is 0. The molecule has 0 aliphatic heterocycles. The molecule has 1 aromatic carbocycles. The summed E-state index contributed by atoms with van der Waals surface area (Å²) in [5.74, 6) is -0.556. The molecule has 2 aromatic rings. The zero-order chi connectivity index (χ0) is 14.8. The van der Waals surface area contributed by atoms with Crippen LogP contribution in [0.3, 0.4) is 0 Å². The molecule has 2 rings (SSSR count). The highest BCUT2D eigenvalue weighted by molar-refractivity contribution is 7.89. The van der Waals surface area contributed by atoms with Gasteiger partial charge >= 0.3 is 0 Å². The fraction of sp³-hybridized carbons (Fsp3) is 0.231. The smallest absolute Gasteiger partial charge is 0.207 e. The molecule has 0 N–H and O–H groups in total. The maximum atomic E-state index is 13.7. The number of benzene rings is 1. The van der Waals surface area contributed by atoms with Crippen LogP contribution in [0.1, 0.15) is 12.5 Å². The fourth-order valence-corrected chi connectivity index (χ4v) is 2.42. The van der Waals surface area contributed by atoms with Crippen molar-refractivity contribution in [1.29, 1.82) is 5.26 Å². The lowest BCUT2D eigenvalue weighted by atomic mass is 10.1. The number of aromatic nitrogens is 2. The summed E-state index contributed by atoms with van der Waals surface area (Å²) < 4.78 is 37.9. The Labute approximate surface area is 116 Å². The molecule has 5 nitrogen and oxygen atoms in total. The predicted octanol–water partition coefficient (Wildman–Crippen LogP) is 1.95. The maximum absolute atomic E-state index is 13.7. The van der Waals surface area contributed by atoms with E-state index in [1.54, 1.807) is 6.07 Å². The zero-order valence-electron chi connectivity index (χ0n) is 10.7. The number of hydrogen-bond donors (Lipinski definition) is 0. The molecule has 0 saturated carbocycles. The van der Waals surface area contributed by atoms with Gasteiger partial charge in [0.15, 0.2) is 0 Å². The third-order valence-corrected chi connectivity index (χ3v) is 4.37. The molecule has 20 heavy (non-hydrogen) atoms. The molecule has 104 valence electrons. The van der Waals surface area contributed by atoms with Crippen molar-refractivity contribution < 1.29 is 12.8 Å². The Morgan fingerprint density at radius 3 is 2.75 bits per heavy atom. The molecule has 7 heteroatoms. The predicted molar refractivity (Wildman–Crippen MR) is 71.8 cm³/mol. The molecule has 0 amide bonds. The van der Waals surface area contributed by atoms with Gasteiger partial charge in [0.05, 0.1) is 30.6 Å². The molecule has 0 aliphatic rings. The molecular formula is C13H12FN3O2S. The minimum absolute atomic E-state index is 0.00438. The Hall–Kier alpha value is -2.20. The van der Waals surface area contributed by atoms with Crippen molar-refractivity contribution in [2.45, 2.75) is 13.3 Å². The molecule has 0 fully saturated rings. The van der Waals surface area contributed by atoms with Gasteiger partial charge in [-0.2, -0.15) is 14.4 Å². The molecule has 0 saturated heterocycles. The minimum atomic E-state index is -3.44. The van der Waals surface area contributed by atoms with Crippen molar-refractivity contribution in [3.05, 3.63) is 42.0 Å². The van der Waals surface area contributed by atoms with Crippen molar-refractivity contribution in [3.63, 3.8) is 0 Å². The van der Waals surface area contributed by atoms with E-state index in [1.165, 1.54) is 31.5 Å². The molecule has 0 aliphatic carbocycles. The normalized spacial score (nSPS) is 11.2. The average Bonchev–Trinajstić information content (AvgIpc) is 2.92. The van der Waals surface area contributed by atoms with Crippen molar-refractivity contribution in [1.82, 2.24) is 9.19 Å². The summed E-state index contributed by atoms with van der Waals surface area (Å²) in [5.41, 5.74) is 1.33. The van der Waals surface area contributed by atoms with Gasteiger partial charge in [-0.25, -0.2) is 12.8 Å². The van der Waals surface area contributed by atoms with E-state index in [2.05, 4.69) is 5.10 Å². The first kappa shape index (κ1) is 14.2. The third kappa shape index (κ3) is 2.70. The van der Waals surface area contributed by atoms with Crippen molar-refractivity contribution in [2.24, 2.45) is 0 Å². The van der Waals surface area contributed by atoms with Crippen LogP contribution in [0.2, 0.25) is 0 Å². The molecular weight excluding hydrogens is 281 g/mol. The van der Waals surface area contributed by atoms with Crippen LogP contribution in [0, 0.1) is 17.1 Å². The van der Waals surface area contributed by atoms with Gasteiger partial charge in [0.25, 0.3) is 10.0 Å². The molecule has 0 atom stereocenters. The maximum Gasteiger partial charge on any atom is 0.253 e. The average molecular weight is 293 g/mol. The number of rotatable bonds is 4. The van der Waals surface area contributed by atoms with E-state index in [-0.39, 0.29) is 12.2 Å². The lowest BCUT2D eigenvalue weighted by Gasteiger charge is -2.02. The summed E-state index contributed by atoms with van der Waals surface area (Å²) >= 11 is 0. The third-order valence-electron chi connectivity index (χ3n) is 2.87. The number of hydrogen-bond acceptors (Lipinski definition) is 4. The van der Waals surface area contributed by atoms with E-state index in [4.69, 9.17) is 5.26 Å². The molecule has 0 unspecified atom stereocenters. The van der Waals surface area contributed by atoms with Gasteiger partial charge in [-0.05, 0) is 18.6 Å². The Morgan fingerprint density at radius 2 is 2.15 bits per heavy atom. The minimum Gasteiger partial charge on any atom is -0.207 e. The van der Waals surface area contributed by atoms with Crippen LogP contribution in [0.15, 0.2) is 30.6 Å². The van der Waals surface area contributed by atoms with E-state index < -0.39 is 15.8 Å². The first-order valence-electron chi connectivity index (χ1n) is 5.91. The van der Waals surface area contributed by atoms with Gasteiger partial charge in [-0.15, -0.1) is 0 Å². The topological polar surface area (TPSA) is 75.8 Å². The van der Waals surface area contributed by atoms with Gasteiger partial charge in [-0.1, -0.05) is 12.1 Å². The highest BCUT2D eigenvalue weighted by atomic mass is 32.2. The van der Waals surface area contributed by atoms with Crippen LogP contribution in [0.4, 0.5) is 4.39 Å². The van der Waals surface area contributed by atoms with Gasteiger partial charge in [0.2, 0.25) is 0 Å². The van der Waals surface area contributed by atoms with Crippen LogP contribution in [0.25, 0.3) is 11.1 Å². The largest absolute Gasteiger partial charge is 0.253 e. The zero-order valence-corrected chi connectivity index (χ0v) is 11.6. The second kappa shape index (κ2) is 5.43. The Balaban J connectivity index is 2.39. The summed E-state index contributed by atoms with van der Waals surface area (Å²) in [5, 5.41) is 12.3. The molecule has 0 radical (unpaired) electrons. The van der Waals surface area contributed by atoms with Gasteiger partial charge in [-0.3, -0.25) is 0 Å². The van der Waals surface area contributed by atoms with Crippen molar-refractivity contribution in [3.8, 4) is 17.2 Å². The highest BCUT2D eigenvalue weighted by Gasteiger charge is 2.13. The highest BCUT2D eigenvalue weighted by Crippen LogP contribution is 2.22. The quantitative estimate of drug-likeness (QED) is 0.863. The first-order valence-corrected chi connectivity index (χ1v) is 7.52. The van der Waals surface area contributed by atoms with Crippen LogP contribution < -0.4 is 0 Å². The number of nitrogens with zero attached hydrogens (tertiary/aromatic N) is 3. The van der Waals surface area contributed by atoms with Crippen LogP contribution in [-0.4, -0.2) is 23.4 Å². The van der Waals surface area contributed by atoms with E-state index in [0.29, 0.717) is 16.7 Å². The first-order chi connectivity index (χ1) is 9.47. The van der Waals surface area contributed by atoms with Crippen LogP contribution in [0.5, 0.6) is 0 Å². The molecule has 0 bridgehead atoms. The fourth-order valence-electron chi connectivity index (χ4n) is 1.69. The molecule has 1 heterocycles. The van der Waals surface area contributed by atoms with Gasteiger partial charge in [0, 0.05) is 11.1 Å². The SMILES string of the molecule is CCS(=O)(=O)n1cc(-c2ccc(CC#N)c(F)c2)cn1. The van der Waals surface area contributed by atoms with E-state index in [0.717, 1.165) is 4.09 Å². The van der Waals surface area contributed by atoms with E-state index >= 15 is 0 Å². The molecule has 0 spiro atoms. The van der Waals surface area contributed by atoms with Crippen LogP contribution in [-0.2, 0) is 16.4 Å². The number of halogens is 1. The van der Waals surface area contributed by atoms with Gasteiger partial charge in [0.1, 0.15) is 5.82 Å². The monoisotopic (exact) mass is 293 g/mol. The van der Waals surface area contributed by atoms with E-state index in [9.17, 15) is 12.8 Å². The second-order valence-electron chi connectivity index (χ2n) is 4.14. The Bertz CT molecular complexity index is 775. The standard InChI is InChI=1S/C13H12FN3O2S/c1-2-20(18,19)17-9-12(8-16-17)11-4-3-10(5-6-15)13(14)7-11/h3-4,7-9H,2,5H2,1H3. The van der Waals surface area contributed by atoms with E-state index in [1.807, 2.05) is 6.07 Å². The lowest BCUT2D eigenvalue weighted by molar-refractivity contribution is 0.581. The summed E-state index contributed by atoms with van der Waals surface area (Å²) in [6, 6.07) is 6.30. The summed E-state index contributed by atoms with van der Waals surface area (Å²) in [7, 11) is -3.44. The Morgan fingerprint density at radius 1 is 1.40 bits per heavy atom. The lowest BCUT2D eigenvalue weighted by Crippen LogP contribution is -2.14.